The molecule has 1 aliphatic heterocycles. The van der Waals surface area contributed by atoms with E-state index < -0.39 is 6.04 Å². The molecule has 0 unspecified atom stereocenters. The van der Waals surface area contributed by atoms with Crippen LogP contribution in [0.1, 0.15) is 24.3 Å². The highest BCUT2D eigenvalue weighted by atomic mass is 16.7. The van der Waals surface area contributed by atoms with E-state index in [9.17, 15) is 10.1 Å². The number of benzene rings is 1. The van der Waals surface area contributed by atoms with Crippen molar-refractivity contribution in [3.05, 3.63) is 46.0 Å². The van der Waals surface area contributed by atoms with E-state index in [1.165, 1.54) is 0 Å². The van der Waals surface area contributed by atoms with Crippen molar-refractivity contribution in [2.45, 2.75) is 24.8 Å². The third kappa shape index (κ3) is 1.72. The summed E-state index contributed by atoms with van der Waals surface area (Å²) in [6, 6.07) is 4.98. The van der Waals surface area contributed by atoms with Gasteiger partial charge in [0.05, 0.1) is 5.92 Å². The maximum Gasteiger partial charge on any atom is 0.231 e. The number of nitrogens with zero attached hydrogens (tertiary/aromatic N) is 1. The summed E-state index contributed by atoms with van der Waals surface area (Å²) in [4.78, 5) is 10.9. The normalized spacial score (nSPS) is 25.4. The second-order valence-corrected chi connectivity index (χ2v) is 4.73. The van der Waals surface area contributed by atoms with Gasteiger partial charge in [0.25, 0.3) is 0 Å². The summed E-state index contributed by atoms with van der Waals surface area (Å²) in [7, 11) is 0. The molecule has 5 heteroatoms. The van der Waals surface area contributed by atoms with Crippen LogP contribution in [0.15, 0.2) is 30.4 Å². The fraction of sp³-hybridized carbons (Fsp3) is 0.385. The molecule has 1 heterocycles. The van der Waals surface area contributed by atoms with Gasteiger partial charge in [0, 0.05) is 11.3 Å². The highest BCUT2D eigenvalue weighted by Gasteiger charge is 2.39. The molecule has 0 bridgehead atoms. The van der Waals surface area contributed by atoms with Crippen molar-refractivity contribution in [3.63, 3.8) is 0 Å². The number of hydrogen-bond acceptors (Lipinski definition) is 4. The van der Waals surface area contributed by atoms with E-state index in [0.717, 1.165) is 11.1 Å². The Labute approximate surface area is 104 Å². The van der Waals surface area contributed by atoms with E-state index in [0.29, 0.717) is 24.3 Å². The van der Waals surface area contributed by atoms with Gasteiger partial charge < -0.3 is 9.47 Å². The highest BCUT2D eigenvalue weighted by molar-refractivity contribution is 5.46. The molecule has 0 radical (unpaired) electrons. The van der Waals surface area contributed by atoms with Crippen molar-refractivity contribution in [2.75, 3.05) is 6.79 Å². The predicted octanol–water partition coefficient (Wildman–Crippen LogP) is 2.49. The molecule has 3 rings (SSSR count). The second kappa shape index (κ2) is 4.01. The maximum atomic E-state index is 11.1. The lowest BCUT2D eigenvalue weighted by Gasteiger charge is -2.13. The van der Waals surface area contributed by atoms with Gasteiger partial charge >= 0.3 is 0 Å². The first-order valence-corrected chi connectivity index (χ1v) is 5.85. The molecule has 1 saturated carbocycles. The van der Waals surface area contributed by atoms with Gasteiger partial charge in [0.15, 0.2) is 11.5 Å². The van der Waals surface area contributed by atoms with Crippen molar-refractivity contribution in [3.8, 4) is 11.5 Å². The van der Waals surface area contributed by atoms with Gasteiger partial charge in [-0.15, -0.1) is 0 Å². The molecule has 1 aliphatic carbocycles. The molecule has 0 amide bonds. The van der Waals surface area contributed by atoms with Crippen molar-refractivity contribution in [2.24, 2.45) is 0 Å². The quantitative estimate of drug-likeness (QED) is 0.457. The van der Waals surface area contributed by atoms with E-state index in [4.69, 9.17) is 9.47 Å². The summed E-state index contributed by atoms with van der Waals surface area (Å²) in [6.45, 7) is 4.09. The lowest BCUT2D eigenvalue weighted by Crippen LogP contribution is -2.22. The maximum absolute atomic E-state index is 11.1. The van der Waals surface area contributed by atoms with Crippen molar-refractivity contribution >= 4 is 0 Å². The zero-order chi connectivity index (χ0) is 12.7. The SMILES string of the molecule is C=C1C[C@H](c2ccc3c(c2)OCO3)[C@@H]([N+](=O)[O-])C1. The van der Waals surface area contributed by atoms with Crippen LogP contribution in [0.4, 0.5) is 0 Å². The van der Waals surface area contributed by atoms with Crippen LogP contribution in [0.25, 0.3) is 0 Å². The Hall–Kier alpha value is -2.04. The van der Waals surface area contributed by atoms with Gasteiger partial charge in [0.1, 0.15) is 0 Å². The molecule has 2 aliphatic rings. The number of fused-ring (bicyclic) bond motifs is 1. The monoisotopic (exact) mass is 247 g/mol. The minimum absolute atomic E-state index is 0.109. The Balaban J connectivity index is 1.94. The summed E-state index contributed by atoms with van der Waals surface area (Å²) < 4.78 is 10.5. The van der Waals surface area contributed by atoms with Crippen LogP contribution in [-0.4, -0.2) is 17.8 Å². The smallest absolute Gasteiger partial charge is 0.231 e. The summed E-state index contributed by atoms with van der Waals surface area (Å²) in [5.74, 6) is 1.27. The van der Waals surface area contributed by atoms with Crippen LogP contribution in [0.3, 0.4) is 0 Å². The van der Waals surface area contributed by atoms with Crippen LogP contribution in [-0.2, 0) is 0 Å². The molecular formula is C13H13NO4. The Bertz CT molecular complexity index is 526. The lowest BCUT2D eigenvalue weighted by molar-refractivity contribution is -0.523. The molecule has 5 nitrogen and oxygen atoms in total. The van der Waals surface area contributed by atoms with E-state index in [-0.39, 0.29) is 17.6 Å². The number of nitro groups is 1. The Morgan fingerprint density at radius 3 is 2.83 bits per heavy atom. The van der Waals surface area contributed by atoms with E-state index in [1.54, 1.807) is 0 Å². The molecule has 1 aromatic carbocycles. The number of ether oxygens (including phenoxy) is 2. The summed E-state index contributed by atoms with van der Waals surface area (Å²) in [5, 5.41) is 11.1. The molecule has 1 fully saturated rings. The summed E-state index contributed by atoms with van der Waals surface area (Å²) >= 11 is 0. The van der Waals surface area contributed by atoms with E-state index in [1.807, 2.05) is 18.2 Å². The zero-order valence-electron chi connectivity index (χ0n) is 9.80. The van der Waals surface area contributed by atoms with Crippen molar-refractivity contribution in [1.82, 2.24) is 0 Å². The number of hydrogen-bond donors (Lipinski definition) is 0. The fourth-order valence-corrected chi connectivity index (χ4v) is 2.67. The van der Waals surface area contributed by atoms with Crippen molar-refractivity contribution < 1.29 is 14.4 Å². The largest absolute Gasteiger partial charge is 0.454 e. The van der Waals surface area contributed by atoms with Gasteiger partial charge in [-0.05, 0) is 24.1 Å². The molecule has 2 atom stereocenters. The van der Waals surface area contributed by atoms with Gasteiger partial charge in [-0.2, -0.15) is 0 Å². The first kappa shape index (κ1) is 11.1. The van der Waals surface area contributed by atoms with Gasteiger partial charge in [0.2, 0.25) is 12.8 Å². The molecule has 0 N–H and O–H groups in total. The minimum atomic E-state index is -0.571. The fourth-order valence-electron chi connectivity index (χ4n) is 2.67. The molecular weight excluding hydrogens is 234 g/mol. The summed E-state index contributed by atoms with van der Waals surface area (Å²) in [5.41, 5.74) is 1.87. The van der Waals surface area contributed by atoms with E-state index >= 15 is 0 Å². The van der Waals surface area contributed by atoms with Gasteiger partial charge in [-0.3, -0.25) is 10.1 Å². The van der Waals surface area contributed by atoms with Crippen LogP contribution in [0, 0.1) is 10.1 Å². The van der Waals surface area contributed by atoms with Crippen LogP contribution in [0.5, 0.6) is 11.5 Å². The second-order valence-electron chi connectivity index (χ2n) is 4.73. The molecule has 0 spiro atoms. The van der Waals surface area contributed by atoms with Crippen molar-refractivity contribution in [1.29, 1.82) is 0 Å². The third-order valence-corrected chi connectivity index (χ3v) is 3.57. The molecule has 1 aromatic rings. The zero-order valence-corrected chi connectivity index (χ0v) is 9.80. The van der Waals surface area contributed by atoms with Crippen LogP contribution < -0.4 is 9.47 Å². The Morgan fingerprint density at radius 2 is 2.06 bits per heavy atom. The average Bonchev–Trinajstić information content (AvgIpc) is 2.93. The van der Waals surface area contributed by atoms with Crippen LogP contribution in [0.2, 0.25) is 0 Å². The lowest BCUT2D eigenvalue weighted by atomic mass is 9.94. The average molecular weight is 247 g/mol. The molecule has 0 saturated heterocycles. The third-order valence-electron chi connectivity index (χ3n) is 3.57. The standard InChI is InChI=1S/C13H13NO4/c1-8-4-10(11(5-8)14(15)16)9-2-3-12-13(6-9)18-7-17-12/h2-3,6,10-11H,1,4-5,7H2/t10-,11+/m1/s1. The Morgan fingerprint density at radius 1 is 1.28 bits per heavy atom. The van der Waals surface area contributed by atoms with E-state index in [2.05, 4.69) is 6.58 Å². The number of rotatable bonds is 2. The topological polar surface area (TPSA) is 61.6 Å². The van der Waals surface area contributed by atoms with Gasteiger partial charge in [-0.25, -0.2) is 0 Å². The predicted molar refractivity (Wildman–Crippen MR) is 64.5 cm³/mol. The highest BCUT2D eigenvalue weighted by Crippen LogP contribution is 2.42. The first-order chi connectivity index (χ1) is 8.65. The minimum Gasteiger partial charge on any atom is -0.454 e. The molecule has 0 aromatic heterocycles. The Kier molecular flexibility index (Phi) is 2.47. The first-order valence-electron chi connectivity index (χ1n) is 5.85. The van der Waals surface area contributed by atoms with Crippen LogP contribution >= 0.6 is 0 Å². The molecule has 18 heavy (non-hydrogen) atoms. The van der Waals surface area contributed by atoms with Gasteiger partial charge in [-0.1, -0.05) is 18.2 Å². The summed E-state index contributed by atoms with van der Waals surface area (Å²) in [6.07, 6.45) is 1.14. The molecule has 94 valence electrons.